The van der Waals surface area contributed by atoms with Gasteiger partial charge in [0.05, 0.1) is 4.92 Å². The maximum atomic E-state index is 11.1. The molecule has 116 valence electrons. The van der Waals surface area contributed by atoms with Crippen molar-refractivity contribution in [2.24, 2.45) is 11.8 Å². The first kappa shape index (κ1) is 15.5. The number of aromatic nitrogens is 1. The number of hydrogen-bond donors (Lipinski definition) is 2. The Bertz CT molecular complexity index is 493. The molecule has 0 amide bonds. The molecule has 0 spiro atoms. The van der Waals surface area contributed by atoms with Crippen molar-refractivity contribution in [3.63, 3.8) is 0 Å². The van der Waals surface area contributed by atoms with Gasteiger partial charge in [-0.15, -0.1) is 0 Å². The molecule has 6 nitrogen and oxygen atoms in total. The highest BCUT2D eigenvalue weighted by molar-refractivity contribution is 5.60. The average Bonchev–Trinajstić information content (AvgIpc) is 2.88. The summed E-state index contributed by atoms with van der Waals surface area (Å²) in [6.07, 6.45) is 4.62. The Hall–Kier alpha value is -1.85. The monoisotopic (exact) mass is 292 g/mol. The Balaban J connectivity index is 2.05. The number of pyridine rings is 1. The van der Waals surface area contributed by atoms with Crippen molar-refractivity contribution in [3.05, 3.63) is 22.2 Å². The van der Waals surface area contributed by atoms with E-state index in [0.717, 1.165) is 25.4 Å². The van der Waals surface area contributed by atoms with Crippen LogP contribution < -0.4 is 10.6 Å². The molecule has 0 radical (unpaired) electrons. The van der Waals surface area contributed by atoms with E-state index >= 15 is 0 Å². The van der Waals surface area contributed by atoms with Gasteiger partial charge in [0.15, 0.2) is 0 Å². The minimum Gasteiger partial charge on any atom is -0.370 e. The third-order valence-electron chi connectivity index (χ3n) is 3.99. The average molecular weight is 292 g/mol. The van der Waals surface area contributed by atoms with Crippen molar-refractivity contribution in [1.82, 2.24) is 4.98 Å². The SMILES string of the molecule is CCCNc1ccc([N+](=O)[O-])c(NCC2CCC(C)C2)n1. The molecule has 0 aliphatic heterocycles. The first-order valence-electron chi connectivity index (χ1n) is 7.73. The first-order valence-corrected chi connectivity index (χ1v) is 7.73. The number of rotatable bonds is 7. The first-order chi connectivity index (χ1) is 10.1. The van der Waals surface area contributed by atoms with Crippen LogP contribution in [0.15, 0.2) is 12.1 Å². The van der Waals surface area contributed by atoms with E-state index in [1.165, 1.54) is 25.3 Å². The lowest BCUT2D eigenvalue weighted by Gasteiger charge is -2.13. The summed E-state index contributed by atoms with van der Waals surface area (Å²) in [5.41, 5.74) is 0.0445. The van der Waals surface area contributed by atoms with Gasteiger partial charge in [0.2, 0.25) is 5.82 Å². The van der Waals surface area contributed by atoms with Gasteiger partial charge in [0.25, 0.3) is 0 Å². The van der Waals surface area contributed by atoms with Crippen molar-refractivity contribution >= 4 is 17.3 Å². The van der Waals surface area contributed by atoms with Crippen molar-refractivity contribution in [2.75, 3.05) is 23.7 Å². The summed E-state index contributed by atoms with van der Waals surface area (Å²) >= 11 is 0. The maximum Gasteiger partial charge on any atom is 0.311 e. The van der Waals surface area contributed by atoms with E-state index in [-0.39, 0.29) is 10.6 Å². The molecule has 1 aliphatic rings. The molecule has 0 saturated heterocycles. The standard InChI is InChI=1S/C15H24N4O2/c1-3-8-16-14-7-6-13(19(20)21)15(18-14)17-10-12-5-4-11(2)9-12/h6-7,11-12H,3-5,8-10H2,1-2H3,(H2,16,17,18). The van der Waals surface area contributed by atoms with Crippen LogP contribution >= 0.6 is 0 Å². The third-order valence-corrected chi connectivity index (χ3v) is 3.99. The topological polar surface area (TPSA) is 80.1 Å². The van der Waals surface area contributed by atoms with E-state index in [4.69, 9.17) is 0 Å². The fourth-order valence-electron chi connectivity index (χ4n) is 2.83. The second-order valence-electron chi connectivity index (χ2n) is 5.91. The Morgan fingerprint density at radius 2 is 2.19 bits per heavy atom. The van der Waals surface area contributed by atoms with Gasteiger partial charge in [0.1, 0.15) is 5.82 Å². The molecule has 1 heterocycles. The second-order valence-corrected chi connectivity index (χ2v) is 5.91. The van der Waals surface area contributed by atoms with Crippen LogP contribution in [0.4, 0.5) is 17.3 Å². The molecule has 1 aromatic rings. The normalized spacial score (nSPS) is 21.2. The highest BCUT2D eigenvalue weighted by Gasteiger charge is 2.23. The van der Waals surface area contributed by atoms with Crippen LogP contribution in [0.25, 0.3) is 0 Å². The fraction of sp³-hybridized carbons (Fsp3) is 0.667. The summed E-state index contributed by atoms with van der Waals surface area (Å²) in [6, 6.07) is 3.18. The molecule has 6 heteroatoms. The minimum atomic E-state index is -0.379. The number of nitrogens with zero attached hydrogens (tertiary/aromatic N) is 2. The summed E-state index contributed by atoms with van der Waals surface area (Å²) in [6.45, 7) is 5.90. The predicted octanol–water partition coefficient (Wildman–Crippen LogP) is 3.66. The number of nitro groups is 1. The van der Waals surface area contributed by atoms with Gasteiger partial charge in [-0.1, -0.05) is 20.3 Å². The molecular formula is C15H24N4O2. The van der Waals surface area contributed by atoms with Crippen LogP contribution in [0.3, 0.4) is 0 Å². The molecule has 1 saturated carbocycles. The highest BCUT2D eigenvalue weighted by atomic mass is 16.6. The summed E-state index contributed by atoms with van der Waals surface area (Å²) in [5, 5.41) is 17.4. The van der Waals surface area contributed by atoms with E-state index in [1.54, 1.807) is 6.07 Å². The fourth-order valence-corrected chi connectivity index (χ4v) is 2.83. The number of hydrogen-bond acceptors (Lipinski definition) is 5. The van der Waals surface area contributed by atoms with E-state index in [9.17, 15) is 10.1 Å². The summed E-state index contributed by atoms with van der Waals surface area (Å²) in [5.74, 6) is 2.41. The zero-order valence-corrected chi connectivity index (χ0v) is 12.8. The van der Waals surface area contributed by atoms with Crippen LogP contribution in [-0.4, -0.2) is 23.0 Å². The van der Waals surface area contributed by atoms with Gasteiger partial charge in [0, 0.05) is 19.2 Å². The van der Waals surface area contributed by atoms with Crippen LogP contribution in [-0.2, 0) is 0 Å². The predicted molar refractivity (Wildman–Crippen MR) is 84.7 cm³/mol. The lowest BCUT2D eigenvalue weighted by Crippen LogP contribution is -2.14. The molecule has 21 heavy (non-hydrogen) atoms. The Labute approximate surface area is 125 Å². The van der Waals surface area contributed by atoms with Crippen molar-refractivity contribution in [1.29, 1.82) is 0 Å². The minimum absolute atomic E-state index is 0.0445. The number of nitrogens with one attached hydrogen (secondary N) is 2. The van der Waals surface area contributed by atoms with E-state index in [1.807, 2.05) is 0 Å². The molecule has 2 unspecified atom stereocenters. The molecule has 0 aromatic carbocycles. The van der Waals surface area contributed by atoms with Crippen molar-refractivity contribution in [2.45, 2.75) is 39.5 Å². The van der Waals surface area contributed by atoms with Gasteiger partial charge in [-0.3, -0.25) is 10.1 Å². The van der Waals surface area contributed by atoms with Crippen molar-refractivity contribution in [3.8, 4) is 0 Å². The molecule has 2 rings (SSSR count). The maximum absolute atomic E-state index is 11.1. The highest BCUT2D eigenvalue weighted by Crippen LogP contribution is 2.31. The van der Waals surface area contributed by atoms with Gasteiger partial charge >= 0.3 is 5.69 Å². The van der Waals surface area contributed by atoms with Gasteiger partial charge in [-0.25, -0.2) is 4.98 Å². The molecule has 1 fully saturated rings. The molecule has 0 bridgehead atoms. The van der Waals surface area contributed by atoms with E-state index in [0.29, 0.717) is 17.6 Å². The van der Waals surface area contributed by atoms with Gasteiger partial charge in [-0.05, 0) is 37.2 Å². The van der Waals surface area contributed by atoms with Gasteiger partial charge < -0.3 is 10.6 Å². The lowest BCUT2D eigenvalue weighted by atomic mass is 10.1. The molecule has 1 aliphatic carbocycles. The van der Waals surface area contributed by atoms with Crippen LogP contribution in [0.2, 0.25) is 0 Å². The summed E-state index contributed by atoms with van der Waals surface area (Å²) in [4.78, 5) is 15.1. The summed E-state index contributed by atoms with van der Waals surface area (Å²) in [7, 11) is 0. The smallest absolute Gasteiger partial charge is 0.311 e. The third kappa shape index (κ3) is 4.31. The Kier molecular flexibility index (Phi) is 5.36. The van der Waals surface area contributed by atoms with E-state index < -0.39 is 0 Å². The second kappa shape index (κ2) is 7.24. The molecule has 2 atom stereocenters. The van der Waals surface area contributed by atoms with Crippen LogP contribution in [0.1, 0.15) is 39.5 Å². The summed E-state index contributed by atoms with van der Waals surface area (Å²) < 4.78 is 0. The molecule has 2 N–H and O–H groups in total. The van der Waals surface area contributed by atoms with E-state index in [2.05, 4.69) is 29.5 Å². The van der Waals surface area contributed by atoms with Gasteiger partial charge in [-0.2, -0.15) is 0 Å². The largest absolute Gasteiger partial charge is 0.370 e. The zero-order chi connectivity index (χ0) is 15.2. The Morgan fingerprint density at radius 1 is 1.38 bits per heavy atom. The number of anilines is 2. The zero-order valence-electron chi connectivity index (χ0n) is 12.8. The molecule has 1 aromatic heterocycles. The van der Waals surface area contributed by atoms with Crippen molar-refractivity contribution < 1.29 is 4.92 Å². The van der Waals surface area contributed by atoms with Crippen LogP contribution in [0.5, 0.6) is 0 Å². The van der Waals surface area contributed by atoms with Crippen LogP contribution in [0, 0.1) is 22.0 Å². The molecular weight excluding hydrogens is 268 g/mol. The Morgan fingerprint density at radius 3 is 2.81 bits per heavy atom. The quantitative estimate of drug-likeness (QED) is 0.592. The lowest BCUT2D eigenvalue weighted by molar-refractivity contribution is -0.384.